The molecule has 0 aliphatic heterocycles. The maximum Gasteiger partial charge on any atom is 0.0647 e. The van der Waals surface area contributed by atoms with Crippen LogP contribution in [0.3, 0.4) is 0 Å². The summed E-state index contributed by atoms with van der Waals surface area (Å²) >= 11 is 0. The highest BCUT2D eigenvalue weighted by molar-refractivity contribution is 4.79. The van der Waals surface area contributed by atoms with E-state index in [-0.39, 0.29) is 0 Å². The van der Waals surface area contributed by atoms with Crippen LogP contribution in [0.2, 0.25) is 0 Å². The van der Waals surface area contributed by atoms with Crippen molar-refractivity contribution in [2.75, 3.05) is 0 Å². The van der Waals surface area contributed by atoms with Crippen molar-refractivity contribution in [3.05, 3.63) is 6.92 Å². The third kappa shape index (κ3) is 21.2. The maximum absolute atomic E-state index is 10.8. The molecule has 0 heterocycles. The highest BCUT2D eigenvalue weighted by Crippen LogP contribution is 2.26. The van der Waals surface area contributed by atoms with Gasteiger partial charge in [-0.3, -0.25) is 0 Å². The Morgan fingerprint density at radius 3 is 0.900 bits per heavy atom. The Labute approximate surface area is 192 Å². The van der Waals surface area contributed by atoms with Gasteiger partial charge >= 0.3 is 0 Å². The average Bonchev–Trinajstić information content (AvgIpc) is 2.76. The van der Waals surface area contributed by atoms with Crippen LogP contribution in [0.25, 0.3) is 0 Å². The molecule has 1 heteroatoms. The monoisotopic (exact) mass is 423 g/mol. The summed E-state index contributed by atoms with van der Waals surface area (Å²) in [6.45, 7) is 8.62. The van der Waals surface area contributed by atoms with Crippen molar-refractivity contribution in [1.82, 2.24) is 0 Å². The van der Waals surface area contributed by atoms with E-state index in [2.05, 4.69) is 20.8 Å². The van der Waals surface area contributed by atoms with E-state index < -0.39 is 5.60 Å². The van der Waals surface area contributed by atoms with Crippen molar-refractivity contribution in [2.45, 2.75) is 180 Å². The first kappa shape index (κ1) is 30.0. The standard InChI is InChI=1S/C29H59O/c1-4-7-9-11-13-15-17-18-20-22-24-26-28-29(30,6-3)27-25-23-21-19-16-14-12-10-8-5-2/h30H,3-28H2,1-2H3. The van der Waals surface area contributed by atoms with Crippen molar-refractivity contribution in [1.29, 1.82) is 0 Å². The lowest BCUT2D eigenvalue weighted by molar-refractivity contribution is 0.0198. The zero-order valence-corrected chi connectivity index (χ0v) is 21.3. The first-order chi connectivity index (χ1) is 14.7. The molecule has 0 rings (SSSR count). The van der Waals surface area contributed by atoms with Gasteiger partial charge in [-0.1, -0.05) is 162 Å². The van der Waals surface area contributed by atoms with E-state index >= 15 is 0 Å². The second-order valence-electron chi connectivity index (χ2n) is 10.0. The van der Waals surface area contributed by atoms with Gasteiger partial charge in [-0.05, 0) is 19.3 Å². The van der Waals surface area contributed by atoms with Gasteiger partial charge in [0.15, 0.2) is 0 Å². The summed E-state index contributed by atoms with van der Waals surface area (Å²) in [6, 6.07) is 0. The molecule has 0 aromatic heterocycles. The Kier molecular flexibility index (Phi) is 23.6. The number of unbranched alkanes of at least 4 members (excludes halogenated alkanes) is 20. The number of rotatable bonds is 25. The summed E-state index contributed by atoms with van der Waals surface area (Å²) in [5.41, 5.74) is -0.487. The molecular formula is C29H59O. The van der Waals surface area contributed by atoms with Gasteiger partial charge in [0.1, 0.15) is 0 Å². The SMILES string of the molecule is [CH2]CC(O)(CCCCCCCCCCCC)CCCCCCCCCCCCCC. The molecule has 0 aliphatic rings. The van der Waals surface area contributed by atoms with Crippen LogP contribution >= 0.6 is 0 Å². The number of aliphatic hydroxyl groups is 1. The van der Waals surface area contributed by atoms with Crippen LogP contribution in [0.15, 0.2) is 0 Å². The van der Waals surface area contributed by atoms with E-state index in [9.17, 15) is 5.11 Å². The topological polar surface area (TPSA) is 20.2 Å². The normalized spacial score (nSPS) is 13.6. The molecule has 0 saturated carbocycles. The van der Waals surface area contributed by atoms with Gasteiger partial charge in [-0.15, -0.1) is 0 Å². The average molecular weight is 424 g/mol. The lowest BCUT2D eigenvalue weighted by Gasteiger charge is -2.27. The Bertz CT molecular complexity index is 313. The van der Waals surface area contributed by atoms with Crippen LogP contribution in [0, 0.1) is 6.92 Å². The third-order valence-corrected chi connectivity index (χ3v) is 6.96. The molecule has 0 spiro atoms. The van der Waals surface area contributed by atoms with Gasteiger partial charge in [0.05, 0.1) is 5.60 Å². The van der Waals surface area contributed by atoms with E-state index in [4.69, 9.17) is 0 Å². The fourth-order valence-corrected chi connectivity index (χ4v) is 4.61. The highest BCUT2D eigenvalue weighted by Gasteiger charge is 2.23. The molecule has 0 aromatic carbocycles. The predicted molar refractivity (Wildman–Crippen MR) is 137 cm³/mol. The number of hydrogen-bond acceptors (Lipinski definition) is 1. The molecule has 1 unspecified atom stereocenters. The summed E-state index contributed by atoms with van der Waals surface area (Å²) in [6.07, 6.45) is 32.8. The minimum Gasteiger partial charge on any atom is -0.390 e. The largest absolute Gasteiger partial charge is 0.390 e. The molecule has 0 aliphatic carbocycles. The second-order valence-corrected chi connectivity index (χ2v) is 10.0. The second kappa shape index (κ2) is 23.6. The van der Waals surface area contributed by atoms with Gasteiger partial charge in [-0.2, -0.15) is 0 Å². The number of hydrogen-bond donors (Lipinski definition) is 1. The minimum absolute atomic E-state index is 0.487. The highest BCUT2D eigenvalue weighted by atomic mass is 16.3. The molecule has 1 radical (unpaired) electrons. The first-order valence-corrected chi connectivity index (χ1v) is 14.2. The van der Waals surface area contributed by atoms with Crippen molar-refractivity contribution >= 4 is 0 Å². The van der Waals surface area contributed by atoms with E-state index in [0.29, 0.717) is 6.42 Å². The Balaban J connectivity index is 3.45. The molecule has 1 atom stereocenters. The van der Waals surface area contributed by atoms with E-state index in [1.54, 1.807) is 0 Å². The Hall–Kier alpha value is -0.0400. The van der Waals surface area contributed by atoms with Gasteiger partial charge in [0, 0.05) is 0 Å². The third-order valence-electron chi connectivity index (χ3n) is 6.96. The molecule has 0 amide bonds. The Morgan fingerprint density at radius 2 is 0.667 bits per heavy atom. The van der Waals surface area contributed by atoms with E-state index in [1.165, 1.54) is 141 Å². The quantitative estimate of drug-likeness (QED) is 0.145. The van der Waals surface area contributed by atoms with Crippen molar-refractivity contribution in [2.24, 2.45) is 0 Å². The molecule has 0 bridgehead atoms. The summed E-state index contributed by atoms with van der Waals surface area (Å²) in [7, 11) is 0. The molecule has 0 saturated heterocycles. The maximum atomic E-state index is 10.8. The first-order valence-electron chi connectivity index (χ1n) is 14.2. The zero-order chi connectivity index (χ0) is 22.2. The molecule has 0 aromatic rings. The molecule has 1 nitrogen and oxygen atoms in total. The van der Waals surface area contributed by atoms with Crippen LogP contribution in [0.1, 0.15) is 174 Å². The fraction of sp³-hybridized carbons (Fsp3) is 0.966. The van der Waals surface area contributed by atoms with Crippen LogP contribution in [-0.4, -0.2) is 10.7 Å². The molecule has 1 N–H and O–H groups in total. The van der Waals surface area contributed by atoms with Gasteiger partial charge in [0.25, 0.3) is 0 Å². The van der Waals surface area contributed by atoms with E-state index in [0.717, 1.165) is 12.8 Å². The zero-order valence-electron chi connectivity index (χ0n) is 21.3. The molecule has 0 fully saturated rings. The molecule has 181 valence electrons. The van der Waals surface area contributed by atoms with Crippen LogP contribution in [0.4, 0.5) is 0 Å². The summed E-state index contributed by atoms with van der Waals surface area (Å²) in [5, 5.41) is 10.8. The van der Waals surface area contributed by atoms with Crippen molar-refractivity contribution in [3.8, 4) is 0 Å². The summed E-state index contributed by atoms with van der Waals surface area (Å²) < 4.78 is 0. The fourth-order valence-electron chi connectivity index (χ4n) is 4.61. The lowest BCUT2D eigenvalue weighted by atomic mass is 9.87. The van der Waals surface area contributed by atoms with Crippen LogP contribution in [0.5, 0.6) is 0 Å². The van der Waals surface area contributed by atoms with Gasteiger partial charge < -0.3 is 5.11 Å². The lowest BCUT2D eigenvalue weighted by Crippen LogP contribution is -2.27. The predicted octanol–water partition coefficient (Wildman–Crippen LogP) is 10.3. The van der Waals surface area contributed by atoms with Crippen LogP contribution < -0.4 is 0 Å². The van der Waals surface area contributed by atoms with Crippen LogP contribution in [-0.2, 0) is 0 Å². The minimum atomic E-state index is -0.487. The molecular weight excluding hydrogens is 364 g/mol. The smallest absolute Gasteiger partial charge is 0.0647 e. The van der Waals surface area contributed by atoms with Gasteiger partial charge in [0.2, 0.25) is 0 Å². The van der Waals surface area contributed by atoms with Crippen molar-refractivity contribution < 1.29 is 5.11 Å². The van der Waals surface area contributed by atoms with Gasteiger partial charge in [-0.25, -0.2) is 0 Å². The van der Waals surface area contributed by atoms with Crippen molar-refractivity contribution in [3.63, 3.8) is 0 Å². The molecule has 30 heavy (non-hydrogen) atoms. The summed E-state index contributed by atoms with van der Waals surface area (Å²) in [5.74, 6) is 0. The van der Waals surface area contributed by atoms with E-state index in [1.807, 2.05) is 0 Å². The summed E-state index contributed by atoms with van der Waals surface area (Å²) in [4.78, 5) is 0. The Morgan fingerprint density at radius 1 is 0.433 bits per heavy atom.